The highest BCUT2D eigenvalue weighted by atomic mass is 19.1. The van der Waals surface area contributed by atoms with E-state index in [4.69, 9.17) is 0 Å². The molecule has 0 atom stereocenters. The van der Waals surface area contributed by atoms with Gasteiger partial charge in [-0.15, -0.1) is 0 Å². The van der Waals surface area contributed by atoms with E-state index in [1.54, 1.807) is 6.07 Å². The molecule has 1 aromatic rings. The fourth-order valence-corrected chi connectivity index (χ4v) is 2.87. The average Bonchev–Trinajstić information content (AvgIpc) is 2.46. The summed E-state index contributed by atoms with van der Waals surface area (Å²) in [5, 5.41) is 6.35. The molecule has 0 radical (unpaired) electrons. The first kappa shape index (κ1) is 16.0. The minimum Gasteiger partial charge on any atom is -0.347 e. The van der Waals surface area contributed by atoms with Crippen molar-refractivity contribution < 1.29 is 9.18 Å². The molecule has 0 unspecified atom stereocenters. The zero-order chi connectivity index (χ0) is 15.3. The summed E-state index contributed by atoms with van der Waals surface area (Å²) < 4.78 is 13.3. The summed E-state index contributed by atoms with van der Waals surface area (Å²) in [5.74, 6) is 0.418. The maximum atomic E-state index is 13.3. The van der Waals surface area contributed by atoms with E-state index in [2.05, 4.69) is 10.6 Å². The van der Waals surface area contributed by atoms with E-state index < -0.39 is 5.54 Å². The molecule has 2 rings (SSSR count). The van der Waals surface area contributed by atoms with Crippen molar-refractivity contribution in [1.29, 1.82) is 0 Å². The van der Waals surface area contributed by atoms with E-state index >= 15 is 0 Å². The number of piperidine rings is 1. The highest BCUT2D eigenvalue weighted by Crippen LogP contribution is 2.22. The van der Waals surface area contributed by atoms with E-state index in [-0.39, 0.29) is 11.7 Å². The smallest absolute Gasteiger partial charge is 0.220 e. The SMILES string of the molecule is CC(C)(NC(=O)CCC1CCNCC1)c1cccc(F)c1. The van der Waals surface area contributed by atoms with Crippen LogP contribution in [0, 0.1) is 11.7 Å². The highest BCUT2D eigenvalue weighted by molar-refractivity contribution is 5.76. The lowest BCUT2D eigenvalue weighted by Gasteiger charge is -2.28. The Morgan fingerprint density at radius 2 is 2.10 bits per heavy atom. The molecule has 0 saturated carbocycles. The van der Waals surface area contributed by atoms with Crippen LogP contribution in [0.1, 0.15) is 45.1 Å². The third kappa shape index (κ3) is 4.81. The number of hydrogen-bond donors (Lipinski definition) is 2. The normalized spacial score (nSPS) is 16.7. The molecule has 4 heteroatoms. The van der Waals surface area contributed by atoms with E-state index in [1.165, 1.54) is 12.1 Å². The maximum absolute atomic E-state index is 13.3. The molecule has 2 N–H and O–H groups in total. The molecular formula is C17H25FN2O. The Balaban J connectivity index is 1.85. The third-order valence-corrected chi connectivity index (χ3v) is 4.24. The lowest BCUT2D eigenvalue weighted by molar-refractivity contribution is -0.123. The quantitative estimate of drug-likeness (QED) is 0.876. The monoisotopic (exact) mass is 292 g/mol. The van der Waals surface area contributed by atoms with Gasteiger partial charge in [0.15, 0.2) is 0 Å². The molecule has 0 aliphatic carbocycles. The lowest BCUT2D eigenvalue weighted by atomic mass is 9.91. The van der Waals surface area contributed by atoms with Gasteiger partial charge in [0.2, 0.25) is 5.91 Å². The fourth-order valence-electron chi connectivity index (χ4n) is 2.87. The van der Waals surface area contributed by atoms with E-state index in [0.29, 0.717) is 12.3 Å². The second kappa shape index (κ2) is 7.03. The summed E-state index contributed by atoms with van der Waals surface area (Å²) in [7, 11) is 0. The second-order valence-electron chi connectivity index (χ2n) is 6.42. The third-order valence-electron chi connectivity index (χ3n) is 4.24. The van der Waals surface area contributed by atoms with E-state index in [1.807, 2.05) is 19.9 Å². The van der Waals surface area contributed by atoms with Crippen LogP contribution < -0.4 is 10.6 Å². The minimum atomic E-state index is -0.548. The molecule has 3 nitrogen and oxygen atoms in total. The highest BCUT2D eigenvalue weighted by Gasteiger charge is 2.23. The van der Waals surface area contributed by atoms with Crippen LogP contribution in [0.4, 0.5) is 4.39 Å². The molecule has 21 heavy (non-hydrogen) atoms. The summed E-state index contributed by atoms with van der Waals surface area (Å²) in [4.78, 5) is 12.1. The number of hydrogen-bond acceptors (Lipinski definition) is 2. The zero-order valence-electron chi connectivity index (χ0n) is 12.9. The number of carbonyl (C=O) groups is 1. The van der Waals surface area contributed by atoms with Gasteiger partial charge in [-0.25, -0.2) is 4.39 Å². The molecule has 1 amide bonds. The van der Waals surface area contributed by atoms with Crippen molar-refractivity contribution in [3.8, 4) is 0 Å². The molecule has 1 saturated heterocycles. The average molecular weight is 292 g/mol. The predicted octanol–water partition coefficient (Wildman–Crippen LogP) is 2.96. The summed E-state index contributed by atoms with van der Waals surface area (Å²) >= 11 is 0. The van der Waals surface area contributed by atoms with Gasteiger partial charge in [-0.1, -0.05) is 12.1 Å². The largest absolute Gasteiger partial charge is 0.347 e. The molecule has 1 heterocycles. The molecule has 0 aromatic heterocycles. The van der Waals surface area contributed by atoms with Gasteiger partial charge in [-0.2, -0.15) is 0 Å². The van der Waals surface area contributed by atoms with Crippen LogP contribution >= 0.6 is 0 Å². The first-order valence-corrected chi connectivity index (χ1v) is 7.75. The van der Waals surface area contributed by atoms with Crippen molar-refractivity contribution in [3.05, 3.63) is 35.6 Å². The molecule has 0 bridgehead atoms. The molecule has 1 fully saturated rings. The van der Waals surface area contributed by atoms with Gasteiger partial charge in [0.05, 0.1) is 5.54 Å². The Hall–Kier alpha value is -1.42. The predicted molar refractivity (Wildman–Crippen MR) is 82.4 cm³/mol. The Bertz CT molecular complexity index is 481. The van der Waals surface area contributed by atoms with Crippen LogP contribution in [0.15, 0.2) is 24.3 Å². The minimum absolute atomic E-state index is 0.0443. The Morgan fingerprint density at radius 3 is 2.76 bits per heavy atom. The Labute approximate surface area is 126 Å². The lowest BCUT2D eigenvalue weighted by Crippen LogP contribution is -2.41. The molecule has 1 aliphatic heterocycles. The summed E-state index contributed by atoms with van der Waals surface area (Å²) in [6.45, 7) is 5.93. The van der Waals surface area contributed by atoms with Gasteiger partial charge in [-0.05, 0) is 69.8 Å². The molecule has 116 valence electrons. The molecule has 1 aliphatic rings. The van der Waals surface area contributed by atoms with Crippen LogP contribution in [0.3, 0.4) is 0 Å². The van der Waals surface area contributed by atoms with Crippen LogP contribution in [0.5, 0.6) is 0 Å². The van der Waals surface area contributed by atoms with Crippen LogP contribution in [-0.4, -0.2) is 19.0 Å². The van der Waals surface area contributed by atoms with Crippen molar-refractivity contribution in [2.75, 3.05) is 13.1 Å². The van der Waals surface area contributed by atoms with Gasteiger partial charge in [0.1, 0.15) is 5.82 Å². The molecule has 0 spiro atoms. The summed E-state index contributed by atoms with van der Waals surface area (Å²) in [6, 6.07) is 6.41. The number of halogens is 1. The maximum Gasteiger partial charge on any atom is 0.220 e. The number of rotatable bonds is 5. The summed E-state index contributed by atoms with van der Waals surface area (Å²) in [5.41, 5.74) is 0.241. The first-order valence-electron chi connectivity index (χ1n) is 7.75. The number of nitrogens with one attached hydrogen (secondary N) is 2. The van der Waals surface area contributed by atoms with E-state index in [9.17, 15) is 9.18 Å². The van der Waals surface area contributed by atoms with Crippen molar-refractivity contribution in [2.45, 2.75) is 45.1 Å². The Morgan fingerprint density at radius 1 is 1.38 bits per heavy atom. The van der Waals surface area contributed by atoms with Crippen molar-refractivity contribution in [2.24, 2.45) is 5.92 Å². The standard InChI is InChI=1S/C17H25FN2O/c1-17(2,14-4-3-5-15(18)12-14)20-16(21)7-6-13-8-10-19-11-9-13/h3-5,12-13,19H,6-11H2,1-2H3,(H,20,21). The van der Waals surface area contributed by atoms with Crippen molar-refractivity contribution in [3.63, 3.8) is 0 Å². The van der Waals surface area contributed by atoms with Gasteiger partial charge < -0.3 is 10.6 Å². The van der Waals surface area contributed by atoms with E-state index in [0.717, 1.165) is 37.9 Å². The van der Waals surface area contributed by atoms with Gasteiger partial charge in [0.25, 0.3) is 0 Å². The van der Waals surface area contributed by atoms with Crippen molar-refractivity contribution >= 4 is 5.91 Å². The fraction of sp³-hybridized carbons (Fsp3) is 0.588. The van der Waals surface area contributed by atoms with Gasteiger partial charge in [0, 0.05) is 6.42 Å². The van der Waals surface area contributed by atoms with Crippen LogP contribution in [-0.2, 0) is 10.3 Å². The Kier molecular flexibility index (Phi) is 5.34. The van der Waals surface area contributed by atoms with Crippen molar-refractivity contribution in [1.82, 2.24) is 10.6 Å². The number of amides is 1. The second-order valence-corrected chi connectivity index (χ2v) is 6.42. The van der Waals surface area contributed by atoms with Crippen LogP contribution in [0.25, 0.3) is 0 Å². The topological polar surface area (TPSA) is 41.1 Å². The van der Waals surface area contributed by atoms with Crippen LogP contribution in [0.2, 0.25) is 0 Å². The number of benzene rings is 1. The molecular weight excluding hydrogens is 267 g/mol. The van der Waals surface area contributed by atoms with Gasteiger partial charge in [-0.3, -0.25) is 4.79 Å². The first-order chi connectivity index (χ1) is 9.97. The summed E-state index contributed by atoms with van der Waals surface area (Å²) in [6.07, 6.45) is 3.79. The molecule has 1 aromatic carbocycles. The number of carbonyl (C=O) groups excluding carboxylic acids is 1. The zero-order valence-corrected chi connectivity index (χ0v) is 12.9. The van der Waals surface area contributed by atoms with Gasteiger partial charge >= 0.3 is 0 Å².